The van der Waals surface area contributed by atoms with Gasteiger partial charge in [-0.2, -0.15) is 0 Å². The highest BCUT2D eigenvalue weighted by atomic mass is 32.2. The van der Waals surface area contributed by atoms with Crippen LogP contribution in [0.3, 0.4) is 0 Å². The van der Waals surface area contributed by atoms with Crippen molar-refractivity contribution in [1.82, 2.24) is 0 Å². The number of hydrogen-bond donors (Lipinski definition) is 3. The SMILES string of the molecule is CC(=O)Nc1ccc(SCC2CC(c3ccc(CO)cc3)OC(c3cccc(N)c3)O2)cc1. The molecule has 4 rings (SSSR count). The van der Waals surface area contributed by atoms with E-state index in [1.54, 1.807) is 11.8 Å². The topological polar surface area (TPSA) is 93.8 Å². The maximum atomic E-state index is 11.2. The number of rotatable bonds is 7. The molecule has 33 heavy (non-hydrogen) atoms. The van der Waals surface area contributed by atoms with Crippen molar-refractivity contribution >= 4 is 29.0 Å². The third-order valence-corrected chi connectivity index (χ3v) is 6.55. The van der Waals surface area contributed by atoms with E-state index in [4.69, 9.17) is 15.2 Å². The Morgan fingerprint density at radius 3 is 2.48 bits per heavy atom. The number of thioether (sulfide) groups is 1. The maximum absolute atomic E-state index is 11.2. The molecular weight excluding hydrogens is 436 g/mol. The minimum atomic E-state index is -0.516. The average molecular weight is 465 g/mol. The average Bonchev–Trinajstić information content (AvgIpc) is 2.83. The second-order valence-electron chi connectivity index (χ2n) is 8.04. The van der Waals surface area contributed by atoms with E-state index in [-0.39, 0.29) is 24.7 Å². The van der Waals surface area contributed by atoms with Crippen LogP contribution >= 0.6 is 11.8 Å². The van der Waals surface area contributed by atoms with Crippen LogP contribution in [0.1, 0.15) is 42.4 Å². The van der Waals surface area contributed by atoms with E-state index in [9.17, 15) is 9.90 Å². The minimum absolute atomic E-state index is 0.0147. The van der Waals surface area contributed by atoms with Crippen LogP contribution < -0.4 is 11.1 Å². The Kier molecular flexibility index (Phi) is 7.67. The van der Waals surface area contributed by atoms with E-state index in [1.807, 2.05) is 72.8 Å². The van der Waals surface area contributed by atoms with Crippen LogP contribution in [-0.4, -0.2) is 22.9 Å². The van der Waals surface area contributed by atoms with E-state index in [2.05, 4.69) is 5.32 Å². The lowest BCUT2D eigenvalue weighted by atomic mass is 10.0. The van der Waals surface area contributed by atoms with Gasteiger partial charge in [0.1, 0.15) is 0 Å². The van der Waals surface area contributed by atoms with Crippen molar-refractivity contribution in [3.63, 3.8) is 0 Å². The van der Waals surface area contributed by atoms with E-state index < -0.39 is 6.29 Å². The second kappa shape index (κ2) is 10.9. The lowest BCUT2D eigenvalue weighted by Crippen LogP contribution is -2.31. The minimum Gasteiger partial charge on any atom is -0.399 e. The van der Waals surface area contributed by atoms with Crippen LogP contribution in [0, 0.1) is 0 Å². The summed E-state index contributed by atoms with van der Waals surface area (Å²) in [6, 6.07) is 23.2. The first kappa shape index (κ1) is 23.3. The first-order valence-electron chi connectivity index (χ1n) is 10.9. The molecule has 7 heteroatoms. The fraction of sp³-hybridized carbons (Fsp3) is 0.269. The molecule has 1 heterocycles. The lowest BCUT2D eigenvalue weighted by Gasteiger charge is -2.36. The molecule has 1 aliphatic heterocycles. The number of hydrogen-bond acceptors (Lipinski definition) is 6. The largest absolute Gasteiger partial charge is 0.399 e. The molecule has 0 bridgehead atoms. The molecule has 0 radical (unpaired) electrons. The Bertz CT molecular complexity index is 1070. The fourth-order valence-electron chi connectivity index (χ4n) is 3.76. The number of anilines is 2. The van der Waals surface area contributed by atoms with Crippen LogP contribution in [0.2, 0.25) is 0 Å². The van der Waals surface area contributed by atoms with E-state index in [0.717, 1.165) is 33.0 Å². The summed E-state index contributed by atoms with van der Waals surface area (Å²) in [5.41, 5.74) is 10.2. The summed E-state index contributed by atoms with van der Waals surface area (Å²) in [5.74, 6) is 0.670. The van der Waals surface area contributed by atoms with Crippen molar-refractivity contribution in [2.75, 3.05) is 16.8 Å². The lowest BCUT2D eigenvalue weighted by molar-refractivity contribution is -0.245. The summed E-state index contributed by atoms with van der Waals surface area (Å²) >= 11 is 1.71. The number of ether oxygens (including phenoxy) is 2. The molecule has 3 atom stereocenters. The first-order chi connectivity index (χ1) is 16.0. The molecule has 6 nitrogen and oxygen atoms in total. The number of amides is 1. The Morgan fingerprint density at radius 1 is 1.06 bits per heavy atom. The van der Waals surface area contributed by atoms with Crippen molar-refractivity contribution in [1.29, 1.82) is 0 Å². The van der Waals surface area contributed by atoms with Crippen molar-refractivity contribution in [2.24, 2.45) is 0 Å². The van der Waals surface area contributed by atoms with Crippen LogP contribution in [0.25, 0.3) is 0 Å². The van der Waals surface area contributed by atoms with Crippen LogP contribution in [0.4, 0.5) is 11.4 Å². The molecule has 3 aromatic carbocycles. The molecule has 0 saturated carbocycles. The molecule has 1 fully saturated rings. The van der Waals surface area contributed by atoms with Crippen molar-refractivity contribution in [3.8, 4) is 0 Å². The molecule has 3 unspecified atom stereocenters. The molecule has 1 amide bonds. The van der Waals surface area contributed by atoms with Crippen LogP contribution in [0.15, 0.2) is 77.7 Å². The zero-order valence-corrected chi connectivity index (χ0v) is 19.3. The molecule has 1 aliphatic rings. The number of aliphatic hydroxyl groups is 1. The molecule has 172 valence electrons. The zero-order valence-electron chi connectivity index (χ0n) is 18.4. The predicted molar refractivity (Wildman–Crippen MR) is 131 cm³/mol. The summed E-state index contributed by atoms with van der Waals surface area (Å²) in [5, 5.41) is 12.1. The van der Waals surface area contributed by atoms with Gasteiger partial charge in [0.25, 0.3) is 0 Å². The van der Waals surface area contributed by atoms with E-state index in [1.165, 1.54) is 6.92 Å². The fourth-order valence-corrected chi connectivity index (χ4v) is 4.68. The standard InChI is InChI=1S/C26H28N2O4S/c1-17(30)28-22-9-11-24(12-10-22)33-16-23-14-25(19-7-5-18(15-29)6-8-19)32-26(31-23)20-3-2-4-21(27)13-20/h2-13,23,25-26,29H,14-16,27H2,1H3,(H,28,30). The summed E-state index contributed by atoms with van der Waals surface area (Å²) in [7, 11) is 0. The monoisotopic (exact) mass is 464 g/mol. The number of aliphatic hydroxyl groups excluding tert-OH is 1. The van der Waals surface area contributed by atoms with Crippen molar-refractivity contribution < 1.29 is 19.4 Å². The van der Waals surface area contributed by atoms with Gasteiger partial charge in [0, 0.05) is 40.9 Å². The van der Waals surface area contributed by atoms with Gasteiger partial charge in [-0.05, 0) is 47.5 Å². The van der Waals surface area contributed by atoms with Crippen molar-refractivity contribution in [3.05, 3.63) is 89.5 Å². The smallest absolute Gasteiger partial charge is 0.221 e. The van der Waals surface area contributed by atoms with Gasteiger partial charge in [-0.15, -0.1) is 11.8 Å². The predicted octanol–water partition coefficient (Wildman–Crippen LogP) is 5.06. The molecule has 1 saturated heterocycles. The Hall–Kier alpha value is -2.84. The number of nitrogens with two attached hydrogens (primary N) is 1. The van der Waals surface area contributed by atoms with Gasteiger partial charge in [-0.25, -0.2) is 0 Å². The highest BCUT2D eigenvalue weighted by Crippen LogP contribution is 2.39. The number of carbonyl (C=O) groups is 1. The third kappa shape index (κ3) is 6.36. The van der Waals surface area contributed by atoms with Gasteiger partial charge < -0.3 is 25.6 Å². The zero-order chi connectivity index (χ0) is 23.2. The number of nitrogens with one attached hydrogen (secondary N) is 1. The summed E-state index contributed by atoms with van der Waals surface area (Å²) < 4.78 is 12.7. The highest BCUT2D eigenvalue weighted by molar-refractivity contribution is 7.99. The summed E-state index contributed by atoms with van der Waals surface area (Å²) in [6.45, 7) is 1.51. The van der Waals surface area contributed by atoms with Crippen molar-refractivity contribution in [2.45, 2.75) is 43.3 Å². The highest BCUT2D eigenvalue weighted by Gasteiger charge is 2.32. The van der Waals surface area contributed by atoms with Gasteiger partial charge in [0.15, 0.2) is 6.29 Å². The molecular formula is C26H28N2O4S. The maximum Gasteiger partial charge on any atom is 0.221 e. The first-order valence-corrected chi connectivity index (χ1v) is 11.8. The Morgan fingerprint density at radius 2 is 1.82 bits per heavy atom. The van der Waals surface area contributed by atoms with Gasteiger partial charge in [-0.3, -0.25) is 4.79 Å². The second-order valence-corrected chi connectivity index (χ2v) is 9.13. The van der Waals surface area contributed by atoms with E-state index >= 15 is 0 Å². The quantitative estimate of drug-likeness (QED) is 0.334. The number of nitrogen functional groups attached to an aromatic ring is 1. The normalized spacial score (nSPS) is 20.4. The van der Waals surface area contributed by atoms with Crippen LogP contribution in [0.5, 0.6) is 0 Å². The summed E-state index contributed by atoms with van der Waals surface area (Å²) in [6.07, 6.45) is 0.0322. The summed E-state index contributed by atoms with van der Waals surface area (Å²) in [4.78, 5) is 12.3. The third-order valence-electron chi connectivity index (χ3n) is 5.41. The number of carbonyl (C=O) groups excluding carboxylic acids is 1. The molecule has 0 aliphatic carbocycles. The van der Waals surface area contributed by atoms with Gasteiger partial charge >= 0.3 is 0 Å². The number of benzene rings is 3. The van der Waals surface area contributed by atoms with Gasteiger partial charge in [0.2, 0.25) is 5.91 Å². The molecule has 0 aromatic heterocycles. The Balaban J connectivity index is 1.48. The van der Waals surface area contributed by atoms with Gasteiger partial charge in [-0.1, -0.05) is 36.4 Å². The molecule has 4 N–H and O–H groups in total. The van der Waals surface area contributed by atoms with Gasteiger partial charge in [0.05, 0.1) is 18.8 Å². The Labute approximate surface area is 198 Å². The molecule has 3 aromatic rings. The van der Waals surface area contributed by atoms with Crippen LogP contribution in [-0.2, 0) is 20.9 Å². The van der Waals surface area contributed by atoms with E-state index in [0.29, 0.717) is 12.1 Å². The molecule has 0 spiro atoms.